The van der Waals surface area contributed by atoms with Gasteiger partial charge in [0.1, 0.15) is 0 Å². The summed E-state index contributed by atoms with van der Waals surface area (Å²) in [7, 11) is -2.05. The molecule has 0 aromatic rings. The molecule has 0 amide bonds. The van der Waals surface area contributed by atoms with Crippen molar-refractivity contribution in [3.63, 3.8) is 0 Å². The highest BCUT2D eigenvalue weighted by molar-refractivity contribution is 6.87. The number of hydrogen-bond donors (Lipinski definition) is 0. The van der Waals surface area contributed by atoms with Crippen molar-refractivity contribution in [2.24, 2.45) is 0 Å². The van der Waals surface area contributed by atoms with Gasteiger partial charge in [-0.05, 0) is 6.42 Å². The Morgan fingerprint density at radius 3 is 1.79 bits per heavy atom. The lowest BCUT2D eigenvalue weighted by molar-refractivity contribution is 0.803. The molecule has 0 saturated heterocycles. The summed E-state index contributed by atoms with van der Waals surface area (Å²) < 4.78 is 0. The summed E-state index contributed by atoms with van der Waals surface area (Å²) >= 11 is 0. The van der Waals surface area contributed by atoms with E-state index in [1.807, 2.05) is 5.20 Å². The molecular formula is C12H28Si2. The molecule has 0 atom stereocenters. The minimum atomic E-state index is -1.04. The zero-order chi connectivity index (χ0) is 11.4. The lowest BCUT2D eigenvalue weighted by Gasteiger charge is -2.24. The normalized spacial score (nSPS) is 14.6. The van der Waals surface area contributed by atoms with Crippen LogP contribution in [0.5, 0.6) is 0 Å². The van der Waals surface area contributed by atoms with E-state index in [1.54, 1.807) is 0 Å². The van der Waals surface area contributed by atoms with Crippen molar-refractivity contribution in [1.82, 2.24) is 0 Å². The van der Waals surface area contributed by atoms with Gasteiger partial charge in [-0.2, -0.15) is 0 Å². The third kappa shape index (κ3) is 6.60. The van der Waals surface area contributed by atoms with Crippen molar-refractivity contribution in [1.29, 1.82) is 0 Å². The van der Waals surface area contributed by atoms with E-state index >= 15 is 0 Å². The second-order valence-corrected chi connectivity index (χ2v) is 16.6. The van der Waals surface area contributed by atoms with Crippen molar-refractivity contribution in [3.05, 3.63) is 10.9 Å². The van der Waals surface area contributed by atoms with E-state index in [-0.39, 0.29) is 0 Å². The molecule has 0 bridgehead atoms. The van der Waals surface area contributed by atoms with Gasteiger partial charge >= 0.3 is 0 Å². The maximum absolute atomic E-state index is 2.66. The highest BCUT2D eigenvalue weighted by atomic mass is 28.3. The molecule has 0 unspecified atom stereocenters. The Balaban J connectivity index is 4.65. The number of rotatable bonds is 5. The average Bonchev–Trinajstić information content (AvgIpc) is 1.93. The lowest BCUT2D eigenvalue weighted by atomic mass is 10.2. The summed E-state index contributed by atoms with van der Waals surface area (Å²) in [5, 5.41) is 1.82. The molecule has 0 aromatic heterocycles. The van der Waals surface area contributed by atoms with Crippen molar-refractivity contribution in [3.8, 4) is 0 Å². The number of unbranched alkanes of at least 4 members (excludes halogenated alkanes) is 1. The van der Waals surface area contributed by atoms with Crippen LogP contribution in [0.15, 0.2) is 10.9 Å². The first-order chi connectivity index (χ1) is 6.17. The van der Waals surface area contributed by atoms with Crippen LogP contribution in [0.25, 0.3) is 0 Å². The van der Waals surface area contributed by atoms with Gasteiger partial charge in [0.2, 0.25) is 0 Å². The molecule has 2 heteroatoms. The fraction of sp³-hybridized carbons (Fsp3) is 0.833. The van der Waals surface area contributed by atoms with Crippen LogP contribution >= 0.6 is 0 Å². The highest BCUT2D eigenvalue weighted by Crippen LogP contribution is 2.23. The molecule has 0 N–H and O–H groups in total. The Morgan fingerprint density at radius 1 is 1.00 bits per heavy atom. The Hall–Kier alpha value is 0.174. The van der Waals surface area contributed by atoms with Crippen LogP contribution < -0.4 is 0 Å². The van der Waals surface area contributed by atoms with Gasteiger partial charge in [0.25, 0.3) is 0 Å². The second kappa shape index (κ2) is 5.31. The number of allylic oxidation sites excluding steroid dienone is 1. The Labute approximate surface area is 92.8 Å². The molecule has 84 valence electrons. The quantitative estimate of drug-likeness (QED) is 0.590. The average molecular weight is 229 g/mol. The van der Waals surface area contributed by atoms with E-state index in [1.165, 1.54) is 19.3 Å². The van der Waals surface area contributed by atoms with E-state index in [0.29, 0.717) is 0 Å². The largest absolute Gasteiger partial charge is 0.0995 e. The summed E-state index contributed by atoms with van der Waals surface area (Å²) in [5.74, 6) is 0. The molecule has 0 saturated carbocycles. The van der Waals surface area contributed by atoms with Gasteiger partial charge in [0.05, 0.1) is 16.1 Å². The van der Waals surface area contributed by atoms with Gasteiger partial charge in [-0.3, -0.25) is 0 Å². The minimum Gasteiger partial charge on any atom is -0.0995 e. The molecule has 0 fully saturated rings. The number of hydrogen-bond acceptors (Lipinski definition) is 0. The third-order valence-corrected chi connectivity index (χ3v) is 6.19. The Morgan fingerprint density at radius 2 is 1.50 bits per heavy atom. The van der Waals surface area contributed by atoms with Gasteiger partial charge in [-0.25, -0.2) is 0 Å². The van der Waals surface area contributed by atoms with Gasteiger partial charge in [-0.15, -0.1) is 0 Å². The maximum atomic E-state index is 2.66. The zero-order valence-corrected chi connectivity index (χ0v) is 13.2. The second-order valence-electron chi connectivity index (χ2n) is 6.39. The van der Waals surface area contributed by atoms with Crippen LogP contribution in [-0.4, -0.2) is 16.1 Å². The highest BCUT2D eigenvalue weighted by Gasteiger charge is 2.21. The van der Waals surface area contributed by atoms with Crippen molar-refractivity contribution >= 4 is 16.1 Å². The molecule has 0 aromatic carbocycles. The van der Waals surface area contributed by atoms with Crippen molar-refractivity contribution in [2.45, 2.75) is 65.5 Å². The molecule has 0 aliphatic carbocycles. The van der Waals surface area contributed by atoms with Crippen molar-refractivity contribution < 1.29 is 0 Å². The SMILES string of the molecule is CCCC/C(=C/[Si](C)(C)C)[Si](C)(C)C. The van der Waals surface area contributed by atoms with Crippen molar-refractivity contribution in [2.75, 3.05) is 0 Å². The fourth-order valence-corrected chi connectivity index (χ4v) is 6.70. The van der Waals surface area contributed by atoms with Gasteiger partial charge in [0.15, 0.2) is 0 Å². The smallest absolute Gasteiger partial charge is 0.0715 e. The third-order valence-electron chi connectivity index (χ3n) is 2.37. The summed E-state index contributed by atoms with van der Waals surface area (Å²) in [6.45, 7) is 17.1. The molecule has 0 spiro atoms. The first-order valence-corrected chi connectivity index (χ1v) is 13.0. The summed E-state index contributed by atoms with van der Waals surface area (Å²) in [4.78, 5) is 0. The van der Waals surface area contributed by atoms with E-state index in [2.05, 4.69) is 51.9 Å². The zero-order valence-electron chi connectivity index (χ0n) is 11.2. The standard InChI is InChI=1S/C12H28Si2/c1-8-9-10-12(14(5,6)7)11-13(2,3)4/h11H,8-10H2,1-7H3/b12-11-. The van der Waals surface area contributed by atoms with Crippen LogP contribution in [0.2, 0.25) is 39.3 Å². The van der Waals surface area contributed by atoms with Crippen LogP contribution in [0, 0.1) is 0 Å². The summed E-state index contributed by atoms with van der Waals surface area (Å²) in [5.41, 5.74) is 2.66. The monoisotopic (exact) mass is 228 g/mol. The van der Waals surface area contributed by atoms with E-state index in [4.69, 9.17) is 0 Å². The molecule has 0 nitrogen and oxygen atoms in total. The topological polar surface area (TPSA) is 0 Å². The lowest BCUT2D eigenvalue weighted by Crippen LogP contribution is -2.28. The first-order valence-electron chi connectivity index (χ1n) is 5.89. The fourth-order valence-electron chi connectivity index (χ4n) is 1.55. The van der Waals surface area contributed by atoms with E-state index in [0.717, 1.165) is 0 Å². The van der Waals surface area contributed by atoms with E-state index in [9.17, 15) is 0 Å². The predicted octanol–water partition coefficient (Wildman–Crippen LogP) is 4.86. The first kappa shape index (κ1) is 14.2. The summed E-state index contributed by atoms with van der Waals surface area (Å²) in [6.07, 6.45) is 4.06. The maximum Gasteiger partial charge on any atom is 0.0715 e. The molecule has 14 heavy (non-hydrogen) atoms. The van der Waals surface area contributed by atoms with Gasteiger partial charge in [-0.1, -0.05) is 69.9 Å². The van der Waals surface area contributed by atoms with Gasteiger partial charge in [0, 0.05) is 0 Å². The van der Waals surface area contributed by atoms with Gasteiger partial charge < -0.3 is 0 Å². The molecular weight excluding hydrogens is 200 g/mol. The molecule has 0 aliphatic rings. The Bertz CT molecular complexity index is 191. The van der Waals surface area contributed by atoms with Crippen LogP contribution in [-0.2, 0) is 0 Å². The minimum absolute atomic E-state index is 1.01. The molecule has 0 heterocycles. The van der Waals surface area contributed by atoms with E-state index < -0.39 is 16.1 Å². The molecule has 0 aliphatic heterocycles. The summed E-state index contributed by atoms with van der Waals surface area (Å²) in [6, 6.07) is 0. The molecule has 0 radical (unpaired) electrons. The van der Waals surface area contributed by atoms with Crippen LogP contribution in [0.3, 0.4) is 0 Å². The predicted molar refractivity (Wildman–Crippen MR) is 74.3 cm³/mol. The Kier molecular flexibility index (Phi) is 5.38. The van der Waals surface area contributed by atoms with Crippen LogP contribution in [0.4, 0.5) is 0 Å². The molecule has 0 rings (SSSR count). The van der Waals surface area contributed by atoms with Crippen LogP contribution in [0.1, 0.15) is 26.2 Å².